The molecule has 0 aromatic rings. The maximum atomic E-state index is 11.9. The highest BCUT2D eigenvalue weighted by Gasteiger charge is 2.32. The molecule has 1 saturated carbocycles. The summed E-state index contributed by atoms with van der Waals surface area (Å²) in [6.45, 7) is 6.79. The van der Waals surface area contributed by atoms with Crippen molar-refractivity contribution < 1.29 is 14.3 Å². The summed E-state index contributed by atoms with van der Waals surface area (Å²) >= 11 is 0. The Bertz CT molecular complexity index is 358. The SMILES string of the molecule is CC(C)(C)OC(=O)N1CC[C@H](NC(=O)C2CCC2)C1. The van der Waals surface area contributed by atoms with Gasteiger partial charge in [0, 0.05) is 25.0 Å². The van der Waals surface area contributed by atoms with Gasteiger partial charge in [0.25, 0.3) is 0 Å². The molecule has 0 unspecified atom stereocenters. The molecule has 0 aromatic heterocycles. The largest absolute Gasteiger partial charge is 0.444 e. The molecule has 2 aliphatic rings. The van der Waals surface area contributed by atoms with E-state index in [1.807, 2.05) is 20.8 Å². The molecule has 1 aliphatic heterocycles. The Morgan fingerprint density at radius 2 is 1.89 bits per heavy atom. The monoisotopic (exact) mass is 268 g/mol. The molecular formula is C14H24N2O3. The van der Waals surface area contributed by atoms with Gasteiger partial charge in [0.2, 0.25) is 5.91 Å². The van der Waals surface area contributed by atoms with Gasteiger partial charge in [-0.05, 0) is 40.0 Å². The molecule has 0 aromatic carbocycles. The summed E-state index contributed by atoms with van der Waals surface area (Å²) in [6.07, 6.45) is 3.71. The highest BCUT2D eigenvalue weighted by atomic mass is 16.6. The number of ether oxygens (including phenoxy) is 1. The van der Waals surface area contributed by atoms with Gasteiger partial charge in [0.15, 0.2) is 0 Å². The van der Waals surface area contributed by atoms with E-state index in [2.05, 4.69) is 5.32 Å². The Morgan fingerprint density at radius 3 is 2.42 bits per heavy atom. The lowest BCUT2D eigenvalue weighted by Crippen LogP contribution is -2.43. The van der Waals surface area contributed by atoms with Gasteiger partial charge in [0.05, 0.1) is 0 Å². The molecule has 1 heterocycles. The topological polar surface area (TPSA) is 58.6 Å². The molecule has 1 aliphatic carbocycles. The molecule has 19 heavy (non-hydrogen) atoms. The lowest BCUT2D eigenvalue weighted by atomic mass is 9.84. The average molecular weight is 268 g/mol. The third-order valence-corrected chi connectivity index (χ3v) is 3.66. The van der Waals surface area contributed by atoms with E-state index in [0.29, 0.717) is 13.1 Å². The van der Waals surface area contributed by atoms with Crippen LogP contribution in [0.5, 0.6) is 0 Å². The number of rotatable bonds is 2. The van der Waals surface area contributed by atoms with Crippen LogP contribution in [0.2, 0.25) is 0 Å². The first kappa shape index (κ1) is 14.2. The lowest BCUT2D eigenvalue weighted by molar-refractivity contribution is -0.128. The van der Waals surface area contributed by atoms with Crippen LogP contribution in [-0.4, -0.2) is 41.6 Å². The van der Waals surface area contributed by atoms with E-state index in [-0.39, 0.29) is 24.0 Å². The fraction of sp³-hybridized carbons (Fsp3) is 0.857. The molecule has 1 atom stereocenters. The zero-order valence-electron chi connectivity index (χ0n) is 12.1. The van der Waals surface area contributed by atoms with Gasteiger partial charge in [-0.2, -0.15) is 0 Å². The van der Waals surface area contributed by atoms with E-state index < -0.39 is 5.60 Å². The standard InChI is InChI=1S/C14H24N2O3/c1-14(2,3)19-13(18)16-8-7-11(9-16)15-12(17)10-5-4-6-10/h10-11H,4-9H2,1-3H3,(H,15,17)/t11-/m0/s1. The van der Waals surface area contributed by atoms with Crippen LogP contribution < -0.4 is 5.32 Å². The number of carbonyl (C=O) groups excluding carboxylic acids is 2. The summed E-state index contributed by atoms with van der Waals surface area (Å²) in [4.78, 5) is 25.4. The fourth-order valence-electron chi connectivity index (χ4n) is 2.36. The Morgan fingerprint density at radius 1 is 1.21 bits per heavy atom. The predicted molar refractivity (Wildman–Crippen MR) is 71.7 cm³/mol. The van der Waals surface area contributed by atoms with E-state index in [0.717, 1.165) is 25.7 Å². The van der Waals surface area contributed by atoms with Gasteiger partial charge >= 0.3 is 6.09 Å². The van der Waals surface area contributed by atoms with Crippen LogP contribution in [-0.2, 0) is 9.53 Å². The van der Waals surface area contributed by atoms with E-state index >= 15 is 0 Å². The predicted octanol–water partition coefficient (Wildman–Crippen LogP) is 1.91. The van der Waals surface area contributed by atoms with Crippen molar-refractivity contribution in [3.05, 3.63) is 0 Å². The number of likely N-dealkylation sites (tertiary alicyclic amines) is 1. The van der Waals surface area contributed by atoms with Gasteiger partial charge < -0.3 is 15.0 Å². The van der Waals surface area contributed by atoms with Gasteiger partial charge in [-0.3, -0.25) is 4.79 Å². The number of carbonyl (C=O) groups is 2. The zero-order chi connectivity index (χ0) is 14.0. The maximum absolute atomic E-state index is 11.9. The highest BCUT2D eigenvalue weighted by molar-refractivity contribution is 5.80. The van der Waals surface area contributed by atoms with Crippen molar-refractivity contribution >= 4 is 12.0 Å². The summed E-state index contributed by atoms with van der Waals surface area (Å²) in [7, 11) is 0. The molecule has 1 N–H and O–H groups in total. The number of hydrogen-bond acceptors (Lipinski definition) is 3. The minimum absolute atomic E-state index is 0.0839. The molecule has 1 saturated heterocycles. The van der Waals surface area contributed by atoms with Gasteiger partial charge in [-0.15, -0.1) is 0 Å². The summed E-state index contributed by atoms with van der Waals surface area (Å²) < 4.78 is 5.33. The quantitative estimate of drug-likeness (QED) is 0.832. The number of amides is 2. The smallest absolute Gasteiger partial charge is 0.410 e. The van der Waals surface area contributed by atoms with Crippen molar-refractivity contribution in [2.45, 2.75) is 58.1 Å². The molecule has 0 bridgehead atoms. The minimum Gasteiger partial charge on any atom is -0.444 e. The van der Waals surface area contributed by atoms with Gasteiger partial charge in [-0.25, -0.2) is 4.79 Å². The van der Waals surface area contributed by atoms with E-state index in [1.165, 1.54) is 0 Å². The second-order valence-corrected chi connectivity index (χ2v) is 6.55. The first-order valence-electron chi connectivity index (χ1n) is 7.13. The molecule has 108 valence electrons. The van der Waals surface area contributed by atoms with Crippen LogP contribution in [0.4, 0.5) is 4.79 Å². The van der Waals surface area contributed by atoms with Crippen molar-refractivity contribution in [3.8, 4) is 0 Å². The Hall–Kier alpha value is -1.26. The lowest BCUT2D eigenvalue weighted by Gasteiger charge is -2.26. The van der Waals surface area contributed by atoms with Crippen LogP contribution in [0, 0.1) is 5.92 Å². The van der Waals surface area contributed by atoms with Crippen molar-refractivity contribution in [2.24, 2.45) is 5.92 Å². The molecule has 2 rings (SSSR count). The zero-order valence-corrected chi connectivity index (χ0v) is 12.1. The first-order chi connectivity index (χ1) is 8.85. The first-order valence-corrected chi connectivity index (χ1v) is 7.13. The number of hydrogen-bond donors (Lipinski definition) is 1. The van der Waals surface area contributed by atoms with Crippen LogP contribution in [0.1, 0.15) is 46.5 Å². The normalized spacial score (nSPS) is 23.9. The summed E-state index contributed by atoms with van der Waals surface area (Å²) in [5.41, 5.74) is -0.468. The van der Waals surface area contributed by atoms with Crippen molar-refractivity contribution in [2.75, 3.05) is 13.1 Å². The van der Waals surface area contributed by atoms with Crippen LogP contribution in [0.15, 0.2) is 0 Å². The van der Waals surface area contributed by atoms with Crippen molar-refractivity contribution in [1.82, 2.24) is 10.2 Å². The van der Waals surface area contributed by atoms with Gasteiger partial charge in [-0.1, -0.05) is 6.42 Å². The number of nitrogens with one attached hydrogen (secondary N) is 1. The van der Waals surface area contributed by atoms with Crippen molar-refractivity contribution in [3.63, 3.8) is 0 Å². The Kier molecular flexibility index (Phi) is 4.02. The second kappa shape index (κ2) is 5.39. The molecule has 0 spiro atoms. The molecule has 5 heteroatoms. The molecule has 5 nitrogen and oxygen atoms in total. The Labute approximate surface area is 114 Å². The fourth-order valence-corrected chi connectivity index (χ4v) is 2.36. The summed E-state index contributed by atoms with van der Waals surface area (Å²) in [5, 5.41) is 3.04. The van der Waals surface area contributed by atoms with Gasteiger partial charge in [0.1, 0.15) is 5.60 Å². The summed E-state index contributed by atoms with van der Waals surface area (Å²) in [5.74, 6) is 0.359. The van der Waals surface area contributed by atoms with Crippen molar-refractivity contribution in [1.29, 1.82) is 0 Å². The molecule has 2 amide bonds. The third-order valence-electron chi connectivity index (χ3n) is 3.66. The van der Waals surface area contributed by atoms with Crippen LogP contribution in [0.3, 0.4) is 0 Å². The molecular weight excluding hydrogens is 244 g/mol. The number of nitrogens with zero attached hydrogens (tertiary/aromatic N) is 1. The molecule has 0 radical (unpaired) electrons. The Balaban J connectivity index is 1.76. The van der Waals surface area contributed by atoms with E-state index in [4.69, 9.17) is 4.74 Å². The summed E-state index contributed by atoms with van der Waals surface area (Å²) in [6, 6.07) is 0.0839. The van der Waals surface area contributed by atoms with Crippen LogP contribution in [0.25, 0.3) is 0 Å². The minimum atomic E-state index is -0.468. The third kappa shape index (κ3) is 3.85. The second-order valence-electron chi connectivity index (χ2n) is 6.55. The molecule has 2 fully saturated rings. The van der Waals surface area contributed by atoms with Crippen LogP contribution >= 0.6 is 0 Å². The van der Waals surface area contributed by atoms with E-state index in [9.17, 15) is 9.59 Å². The highest BCUT2D eigenvalue weighted by Crippen LogP contribution is 2.26. The average Bonchev–Trinajstić information content (AvgIpc) is 2.60. The maximum Gasteiger partial charge on any atom is 0.410 e. The van der Waals surface area contributed by atoms with E-state index in [1.54, 1.807) is 4.90 Å².